The molecule has 0 aliphatic carbocycles. The molecule has 2 fully saturated rings. The third-order valence-electron chi connectivity index (χ3n) is 5.25. The average molecular weight is 276 g/mol. The molecule has 2 heteroatoms. The molecule has 2 aliphatic heterocycles. The SMILES string of the molecule is [C-]#[N+]c1ccc(N2C3CCC2CC(C)C3)c2ccccc12. The van der Waals surface area contributed by atoms with Crippen LogP contribution in [0.4, 0.5) is 11.4 Å². The van der Waals surface area contributed by atoms with Gasteiger partial charge in [-0.05, 0) is 48.4 Å². The van der Waals surface area contributed by atoms with E-state index in [1.165, 1.54) is 36.8 Å². The van der Waals surface area contributed by atoms with E-state index in [-0.39, 0.29) is 0 Å². The van der Waals surface area contributed by atoms with E-state index < -0.39 is 0 Å². The summed E-state index contributed by atoms with van der Waals surface area (Å²) in [7, 11) is 0. The van der Waals surface area contributed by atoms with E-state index in [1.54, 1.807) is 0 Å². The van der Waals surface area contributed by atoms with E-state index in [0.717, 1.165) is 17.0 Å². The smallest absolute Gasteiger partial charge is 0.195 e. The van der Waals surface area contributed by atoms with Gasteiger partial charge in [-0.2, -0.15) is 0 Å². The van der Waals surface area contributed by atoms with Crippen molar-refractivity contribution in [2.24, 2.45) is 5.92 Å². The lowest BCUT2D eigenvalue weighted by atomic mass is 9.91. The number of fused-ring (bicyclic) bond motifs is 3. The van der Waals surface area contributed by atoms with Crippen LogP contribution in [-0.2, 0) is 0 Å². The fraction of sp³-hybridized carbons (Fsp3) is 0.421. The lowest BCUT2D eigenvalue weighted by Gasteiger charge is -2.40. The van der Waals surface area contributed by atoms with E-state index in [9.17, 15) is 0 Å². The molecule has 2 heterocycles. The van der Waals surface area contributed by atoms with E-state index in [4.69, 9.17) is 6.57 Å². The predicted octanol–water partition coefficient (Wildman–Crippen LogP) is 5.16. The molecular weight excluding hydrogens is 256 g/mol. The van der Waals surface area contributed by atoms with E-state index >= 15 is 0 Å². The molecule has 0 spiro atoms. The van der Waals surface area contributed by atoms with Gasteiger partial charge in [0.05, 0.1) is 6.57 Å². The first-order valence-corrected chi connectivity index (χ1v) is 7.95. The lowest BCUT2D eigenvalue weighted by Crippen LogP contribution is -2.42. The molecule has 0 radical (unpaired) electrons. The summed E-state index contributed by atoms with van der Waals surface area (Å²) in [6.45, 7) is 9.76. The number of benzene rings is 2. The van der Waals surface area contributed by atoms with Crippen LogP contribution in [0.25, 0.3) is 15.6 Å². The van der Waals surface area contributed by atoms with Crippen LogP contribution >= 0.6 is 0 Å². The Hall–Kier alpha value is -2.01. The van der Waals surface area contributed by atoms with Crippen molar-refractivity contribution in [1.29, 1.82) is 0 Å². The molecule has 2 saturated heterocycles. The highest BCUT2D eigenvalue weighted by Gasteiger charge is 2.39. The van der Waals surface area contributed by atoms with Crippen LogP contribution in [0.2, 0.25) is 0 Å². The number of piperidine rings is 1. The maximum atomic E-state index is 7.37. The molecule has 4 rings (SSSR count). The Morgan fingerprint density at radius 1 is 1.00 bits per heavy atom. The van der Waals surface area contributed by atoms with Gasteiger partial charge in [0.2, 0.25) is 0 Å². The largest absolute Gasteiger partial charge is 0.365 e. The summed E-state index contributed by atoms with van der Waals surface area (Å²) in [5.74, 6) is 0.854. The fourth-order valence-corrected chi connectivity index (χ4v) is 4.43. The Labute approximate surface area is 126 Å². The van der Waals surface area contributed by atoms with Crippen molar-refractivity contribution >= 4 is 22.1 Å². The minimum Gasteiger partial charge on any atom is -0.365 e. The van der Waals surface area contributed by atoms with Crippen LogP contribution in [0.3, 0.4) is 0 Å². The van der Waals surface area contributed by atoms with Crippen molar-refractivity contribution in [2.75, 3.05) is 4.90 Å². The Morgan fingerprint density at radius 3 is 2.33 bits per heavy atom. The summed E-state index contributed by atoms with van der Waals surface area (Å²) in [5.41, 5.74) is 2.12. The van der Waals surface area contributed by atoms with Crippen LogP contribution in [0.5, 0.6) is 0 Å². The highest BCUT2D eigenvalue weighted by atomic mass is 15.2. The number of hydrogen-bond donors (Lipinski definition) is 0. The van der Waals surface area contributed by atoms with Gasteiger partial charge in [-0.3, -0.25) is 0 Å². The molecule has 2 bridgehead atoms. The molecule has 21 heavy (non-hydrogen) atoms. The van der Waals surface area contributed by atoms with Gasteiger partial charge in [-0.15, -0.1) is 0 Å². The summed E-state index contributed by atoms with van der Waals surface area (Å²) >= 11 is 0. The zero-order valence-electron chi connectivity index (χ0n) is 12.4. The topological polar surface area (TPSA) is 7.60 Å². The molecule has 2 unspecified atom stereocenters. The standard InChI is InChI=1S/C19H20N2/c1-13-11-14-7-8-15(12-13)21(14)19-10-9-18(20-2)16-5-3-4-6-17(16)19/h3-6,9-10,13-15H,7-8,11-12H2,1H3. The molecule has 0 aromatic heterocycles. The van der Waals surface area contributed by atoms with Gasteiger partial charge < -0.3 is 4.90 Å². The van der Waals surface area contributed by atoms with Crippen molar-refractivity contribution in [2.45, 2.75) is 44.7 Å². The molecular formula is C19H20N2. The zero-order chi connectivity index (χ0) is 14.4. The van der Waals surface area contributed by atoms with Crippen molar-refractivity contribution in [1.82, 2.24) is 0 Å². The second-order valence-corrected chi connectivity index (χ2v) is 6.63. The van der Waals surface area contributed by atoms with E-state index in [1.807, 2.05) is 12.1 Å². The number of nitrogens with zero attached hydrogens (tertiary/aromatic N) is 2. The maximum absolute atomic E-state index is 7.37. The second kappa shape index (κ2) is 4.77. The summed E-state index contributed by atoms with van der Waals surface area (Å²) < 4.78 is 0. The van der Waals surface area contributed by atoms with Crippen LogP contribution < -0.4 is 4.90 Å². The quantitative estimate of drug-likeness (QED) is 0.653. The highest BCUT2D eigenvalue weighted by Crippen LogP contribution is 2.44. The van der Waals surface area contributed by atoms with Crippen molar-refractivity contribution in [3.63, 3.8) is 0 Å². The molecule has 2 aliphatic rings. The van der Waals surface area contributed by atoms with E-state index in [0.29, 0.717) is 12.1 Å². The molecule has 2 aromatic rings. The first-order valence-electron chi connectivity index (χ1n) is 7.95. The van der Waals surface area contributed by atoms with Gasteiger partial charge >= 0.3 is 0 Å². The highest BCUT2D eigenvalue weighted by molar-refractivity contribution is 6.02. The maximum Gasteiger partial charge on any atom is 0.195 e. The van der Waals surface area contributed by atoms with Gasteiger partial charge in [0.1, 0.15) is 0 Å². The third-order valence-corrected chi connectivity index (χ3v) is 5.25. The molecule has 2 aromatic carbocycles. The van der Waals surface area contributed by atoms with Gasteiger partial charge in [0.15, 0.2) is 5.69 Å². The minimum atomic E-state index is 0.695. The molecule has 0 saturated carbocycles. The van der Waals surface area contributed by atoms with Crippen molar-refractivity contribution in [3.8, 4) is 0 Å². The molecule has 2 nitrogen and oxygen atoms in total. The van der Waals surface area contributed by atoms with Crippen molar-refractivity contribution in [3.05, 3.63) is 47.8 Å². The Balaban J connectivity index is 1.87. The van der Waals surface area contributed by atoms with Crippen molar-refractivity contribution < 1.29 is 0 Å². The average Bonchev–Trinajstić information content (AvgIpc) is 2.77. The predicted molar refractivity (Wildman–Crippen MR) is 87.9 cm³/mol. The second-order valence-electron chi connectivity index (χ2n) is 6.63. The van der Waals surface area contributed by atoms with E-state index in [2.05, 4.69) is 40.9 Å². The first kappa shape index (κ1) is 12.7. The third kappa shape index (κ3) is 1.92. The van der Waals surface area contributed by atoms with Gasteiger partial charge in [-0.25, -0.2) is 4.85 Å². The van der Waals surface area contributed by atoms with Crippen LogP contribution in [0, 0.1) is 12.5 Å². The van der Waals surface area contributed by atoms with Crippen LogP contribution in [0.1, 0.15) is 32.6 Å². The monoisotopic (exact) mass is 276 g/mol. The number of hydrogen-bond acceptors (Lipinski definition) is 1. The van der Waals surface area contributed by atoms with Gasteiger partial charge in [0.25, 0.3) is 0 Å². The fourth-order valence-electron chi connectivity index (χ4n) is 4.43. The summed E-state index contributed by atoms with van der Waals surface area (Å²) in [4.78, 5) is 6.34. The zero-order valence-corrected chi connectivity index (χ0v) is 12.4. The molecule has 2 atom stereocenters. The first-order chi connectivity index (χ1) is 10.3. The van der Waals surface area contributed by atoms with Crippen LogP contribution in [-0.4, -0.2) is 12.1 Å². The normalized spacial score (nSPS) is 27.8. The summed E-state index contributed by atoms with van der Waals surface area (Å²) in [6, 6.07) is 14.0. The molecule has 0 N–H and O–H groups in total. The minimum absolute atomic E-state index is 0.695. The Morgan fingerprint density at radius 2 is 1.67 bits per heavy atom. The Bertz CT molecular complexity index is 714. The van der Waals surface area contributed by atoms with Crippen LogP contribution in [0.15, 0.2) is 36.4 Å². The number of rotatable bonds is 1. The summed E-state index contributed by atoms with van der Waals surface area (Å²) in [5, 5.41) is 2.35. The lowest BCUT2D eigenvalue weighted by molar-refractivity contribution is 0.364. The van der Waals surface area contributed by atoms with Gasteiger partial charge in [0, 0.05) is 17.8 Å². The number of anilines is 1. The van der Waals surface area contributed by atoms with Gasteiger partial charge in [-0.1, -0.05) is 37.3 Å². The summed E-state index contributed by atoms with van der Waals surface area (Å²) in [6.07, 6.45) is 5.28. The molecule has 106 valence electrons. The Kier molecular flexibility index (Phi) is 2.89. The molecule has 0 amide bonds.